The molecule has 0 aliphatic heterocycles. The lowest BCUT2D eigenvalue weighted by Crippen LogP contribution is -1.93. The molecule has 0 spiro atoms. The fourth-order valence-corrected chi connectivity index (χ4v) is 2.95. The van der Waals surface area contributed by atoms with Gasteiger partial charge in [-0.25, -0.2) is 4.98 Å². The molecule has 0 aliphatic rings. The molecule has 3 rings (SSSR count). The first kappa shape index (κ1) is 13.3. The van der Waals surface area contributed by atoms with Crippen LogP contribution in [0.5, 0.6) is 0 Å². The van der Waals surface area contributed by atoms with E-state index in [4.69, 9.17) is 5.26 Å². The Morgan fingerprint density at radius 1 is 1.15 bits per heavy atom. The molecule has 3 nitrogen and oxygen atoms in total. The summed E-state index contributed by atoms with van der Waals surface area (Å²) in [7, 11) is 1.96. The number of aromatic nitrogens is 2. The van der Waals surface area contributed by atoms with Gasteiger partial charge in [-0.2, -0.15) is 5.26 Å². The van der Waals surface area contributed by atoms with E-state index >= 15 is 0 Å². The third kappa shape index (κ3) is 2.15. The second kappa shape index (κ2) is 5.04. The Bertz CT molecular complexity index is 859. The summed E-state index contributed by atoms with van der Waals surface area (Å²) in [6, 6.07) is 13.7. The largest absolute Gasteiger partial charge is 0.327 e. The smallest absolute Gasteiger partial charge is 0.142 e. The average Bonchev–Trinajstić information content (AvgIpc) is 2.78. The second-order valence-corrected chi connectivity index (χ2v) is 6.20. The van der Waals surface area contributed by atoms with Gasteiger partial charge in [-0.1, -0.05) is 31.9 Å². The van der Waals surface area contributed by atoms with E-state index in [0.717, 1.165) is 31.4 Å². The Hall–Kier alpha value is -1.64. The minimum absolute atomic E-state index is 0.639. The molecule has 0 bridgehead atoms. The highest BCUT2D eigenvalue weighted by Gasteiger charge is 2.13. The van der Waals surface area contributed by atoms with E-state index in [-0.39, 0.29) is 0 Å². The van der Waals surface area contributed by atoms with Gasteiger partial charge in [0.25, 0.3) is 0 Å². The van der Waals surface area contributed by atoms with Crippen molar-refractivity contribution in [1.29, 1.82) is 5.26 Å². The van der Waals surface area contributed by atoms with Crippen molar-refractivity contribution in [3.05, 3.63) is 50.9 Å². The highest BCUT2D eigenvalue weighted by molar-refractivity contribution is 9.11. The maximum atomic E-state index is 9.00. The first-order chi connectivity index (χ1) is 9.60. The van der Waals surface area contributed by atoms with Gasteiger partial charge in [-0.05, 0) is 36.4 Å². The molecule has 0 fully saturated rings. The zero-order valence-electron chi connectivity index (χ0n) is 10.6. The van der Waals surface area contributed by atoms with Crippen LogP contribution in [0.25, 0.3) is 22.4 Å². The Morgan fingerprint density at radius 2 is 1.95 bits per heavy atom. The highest BCUT2D eigenvalue weighted by atomic mass is 79.9. The van der Waals surface area contributed by atoms with Gasteiger partial charge < -0.3 is 4.57 Å². The second-order valence-electron chi connectivity index (χ2n) is 4.43. The number of nitrogens with zero attached hydrogens (tertiary/aromatic N) is 3. The predicted octanol–water partition coefficient (Wildman–Crippen LogP) is 4.64. The van der Waals surface area contributed by atoms with E-state index in [9.17, 15) is 0 Å². The number of halogens is 2. The maximum absolute atomic E-state index is 9.00. The minimum atomic E-state index is 0.639. The Kier molecular flexibility index (Phi) is 3.36. The van der Waals surface area contributed by atoms with E-state index < -0.39 is 0 Å². The van der Waals surface area contributed by atoms with Crippen molar-refractivity contribution in [1.82, 2.24) is 9.55 Å². The molecule has 0 aliphatic carbocycles. The number of imidazole rings is 1. The number of hydrogen-bond acceptors (Lipinski definition) is 2. The predicted molar refractivity (Wildman–Crippen MR) is 86.3 cm³/mol. The fourth-order valence-electron chi connectivity index (χ4n) is 2.17. The van der Waals surface area contributed by atoms with Gasteiger partial charge in [0, 0.05) is 21.6 Å². The molecule has 0 N–H and O–H groups in total. The number of nitriles is 1. The molecule has 0 saturated heterocycles. The van der Waals surface area contributed by atoms with Crippen molar-refractivity contribution >= 4 is 42.9 Å². The molecule has 0 radical (unpaired) electrons. The molecule has 3 aromatic rings. The summed E-state index contributed by atoms with van der Waals surface area (Å²) in [6.45, 7) is 0. The molecule has 1 heterocycles. The van der Waals surface area contributed by atoms with Gasteiger partial charge in [0.1, 0.15) is 5.82 Å². The van der Waals surface area contributed by atoms with E-state index in [2.05, 4.69) is 42.9 Å². The van der Waals surface area contributed by atoms with Crippen molar-refractivity contribution < 1.29 is 0 Å². The van der Waals surface area contributed by atoms with E-state index in [0.29, 0.717) is 5.56 Å². The number of aryl methyl sites for hydroxylation is 1. The summed E-state index contributed by atoms with van der Waals surface area (Å²) in [5, 5.41) is 9.00. The first-order valence-electron chi connectivity index (χ1n) is 5.92. The van der Waals surface area contributed by atoms with Crippen LogP contribution in [0.1, 0.15) is 5.56 Å². The molecular weight excluding hydrogens is 382 g/mol. The highest BCUT2D eigenvalue weighted by Crippen LogP contribution is 2.32. The Balaban J connectivity index is 2.30. The van der Waals surface area contributed by atoms with Crippen molar-refractivity contribution in [2.24, 2.45) is 7.05 Å². The molecule has 2 aromatic carbocycles. The minimum Gasteiger partial charge on any atom is -0.327 e. The van der Waals surface area contributed by atoms with Crippen LogP contribution in [0.2, 0.25) is 0 Å². The summed E-state index contributed by atoms with van der Waals surface area (Å²) in [5.74, 6) is 0.864. The summed E-state index contributed by atoms with van der Waals surface area (Å²) >= 11 is 7.04. The van der Waals surface area contributed by atoms with Crippen LogP contribution in [-0.4, -0.2) is 9.55 Å². The van der Waals surface area contributed by atoms with Crippen molar-refractivity contribution in [2.75, 3.05) is 0 Å². The third-order valence-corrected chi connectivity index (χ3v) is 4.36. The van der Waals surface area contributed by atoms with Gasteiger partial charge in [0.2, 0.25) is 0 Å². The van der Waals surface area contributed by atoms with Crippen LogP contribution >= 0.6 is 31.9 Å². The molecule has 1 aromatic heterocycles. The van der Waals surface area contributed by atoms with Crippen LogP contribution in [0, 0.1) is 11.3 Å². The number of fused-ring (bicyclic) bond motifs is 1. The third-order valence-electron chi connectivity index (χ3n) is 3.18. The lowest BCUT2D eigenvalue weighted by Gasteiger charge is -2.05. The van der Waals surface area contributed by atoms with Crippen LogP contribution in [-0.2, 0) is 7.05 Å². The molecular formula is C15H9Br2N3. The van der Waals surface area contributed by atoms with Crippen molar-refractivity contribution in [3.63, 3.8) is 0 Å². The normalized spacial score (nSPS) is 10.7. The summed E-state index contributed by atoms with van der Waals surface area (Å²) in [5.41, 5.74) is 3.48. The summed E-state index contributed by atoms with van der Waals surface area (Å²) in [6.07, 6.45) is 0. The van der Waals surface area contributed by atoms with Crippen LogP contribution < -0.4 is 0 Å². The Morgan fingerprint density at radius 3 is 2.70 bits per heavy atom. The number of hydrogen-bond donors (Lipinski definition) is 0. The van der Waals surface area contributed by atoms with Crippen LogP contribution in [0.3, 0.4) is 0 Å². The molecule has 0 saturated carbocycles. The lowest BCUT2D eigenvalue weighted by molar-refractivity contribution is 0.958. The Labute approximate surface area is 133 Å². The molecule has 0 amide bonds. The fraction of sp³-hybridized carbons (Fsp3) is 0.0667. The van der Waals surface area contributed by atoms with Crippen LogP contribution in [0.15, 0.2) is 45.3 Å². The van der Waals surface area contributed by atoms with Gasteiger partial charge >= 0.3 is 0 Å². The monoisotopic (exact) mass is 389 g/mol. The average molecular weight is 391 g/mol. The van der Waals surface area contributed by atoms with Crippen LogP contribution in [0.4, 0.5) is 0 Å². The molecule has 98 valence electrons. The maximum Gasteiger partial charge on any atom is 0.142 e. The van der Waals surface area contributed by atoms with Crippen molar-refractivity contribution in [2.45, 2.75) is 0 Å². The zero-order chi connectivity index (χ0) is 14.3. The number of rotatable bonds is 1. The zero-order valence-corrected chi connectivity index (χ0v) is 13.7. The quantitative estimate of drug-likeness (QED) is 0.607. The topological polar surface area (TPSA) is 41.6 Å². The van der Waals surface area contributed by atoms with E-state index in [1.54, 1.807) is 6.07 Å². The van der Waals surface area contributed by atoms with Gasteiger partial charge in [-0.3, -0.25) is 0 Å². The van der Waals surface area contributed by atoms with Gasteiger partial charge in [-0.15, -0.1) is 0 Å². The lowest BCUT2D eigenvalue weighted by atomic mass is 10.2. The first-order valence-corrected chi connectivity index (χ1v) is 7.51. The number of benzene rings is 2. The summed E-state index contributed by atoms with van der Waals surface area (Å²) in [4.78, 5) is 4.66. The molecule has 0 atom stereocenters. The molecule has 20 heavy (non-hydrogen) atoms. The SMILES string of the molecule is Cn1c(-c2cc(Br)ccc2Br)nc2ccc(C#N)cc21. The van der Waals surface area contributed by atoms with E-state index in [1.165, 1.54) is 0 Å². The van der Waals surface area contributed by atoms with Gasteiger partial charge in [0.05, 0.1) is 22.7 Å². The molecule has 5 heteroatoms. The standard InChI is InChI=1S/C15H9Br2N3/c1-20-14-6-9(8-18)2-5-13(14)19-15(20)11-7-10(16)3-4-12(11)17/h2-7H,1H3. The summed E-state index contributed by atoms with van der Waals surface area (Å²) < 4.78 is 3.99. The van der Waals surface area contributed by atoms with E-state index in [1.807, 2.05) is 41.9 Å². The molecule has 0 unspecified atom stereocenters. The van der Waals surface area contributed by atoms with Crippen molar-refractivity contribution in [3.8, 4) is 17.5 Å². The van der Waals surface area contributed by atoms with Gasteiger partial charge in [0.15, 0.2) is 0 Å².